The molecule has 6 nitrogen and oxygen atoms in total. The van der Waals surface area contributed by atoms with E-state index in [2.05, 4.69) is 9.71 Å². The first-order valence-corrected chi connectivity index (χ1v) is 4.97. The molecule has 0 atom stereocenters. The molecule has 1 heterocycles. The van der Waals surface area contributed by atoms with Crippen molar-refractivity contribution in [2.45, 2.75) is 6.54 Å². The van der Waals surface area contributed by atoms with E-state index in [4.69, 9.17) is 5.14 Å². The molecule has 0 spiro atoms. The minimum absolute atomic E-state index is 0.0166. The molecule has 1 aromatic rings. The predicted octanol–water partition coefficient (Wildman–Crippen LogP) is -1.33. The first-order chi connectivity index (χ1) is 5.97. The fourth-order valence-electron chi connectivity index (χ4n) is 0.783. The third-order valence-electron chi connectivity index (χ3n) is 1.32. The van der Waals surface area contributed by atoms with Gasteiger partial charge in [-0.3, -0.25) is 4.79 Å². The zero-order chi connectivity index (χ0) is 9.90. The Morgan fingerprint density at radius 2 is 2.23 bits per heavy atom. The molecule has 13 heavy (non-hydrogen) atoms. The van der Waals surface area contributed by atoms with Gasteiger partial charge in [0.1, 0.15) is 0 Å². The largest absolute Gasteiger partial charge is 0.329 e. The summed E-state index contributed by atoms with van der Waals surface area (Å²) in [6.07, 6.45) is 1.43. The molecule has 7 heteroatoms. The van der Waals surface area contributed by atoms with Gasteiger partial charge in [-0.25, -0.2) is 5.14 Å². The molecule has 0 fully saturated rings. The Kier molecular flexibility index (Phi) is 2.81. The van der Waals surface area contributed by atoms with Crippen LogP contribution in [0.15, 0.2) is 23.1 Å². The van der Waals surface area contributed by atoms with Gasteiger partial charge < -0.3 is 4.98 Å². The second-order valence-electron chi connectivity index (χ2n) is 2.43. The monoisotopic (exact) mass is 203 g/mol. The van der Waals surface area contributed by atoms with Crippen LogP contribution in [0.2, 0.25) is 0 Å². The summed E-state index contributed by atoms with van der Waals surface area (Å²) in [5, 5.41) is 4.70. The Hall–Kier alpha value is -1.18. The van der Waals surface area contributed by atoms with Crippen LogP contribution >= 0.6 is 0 Å². The van der Waals surface area contributed by atoms with Crippen molar-refractivity contribution >= 4 is 10.2 Å². The maximum Gasteiger partial charge on any atom is 0.274 e. The van der Waals surface area contributed by atoms with E-state index in [1.54, 1.807) is 6.07 Å². The third-order valence-corrected chi connectivity index (χ3v) is 1.86. The Bertz CT molecular complexity index is 436. The molecule has 0 aliphatic rings. The lowest BCUT2D eigenvalue weighted by molar-refractivity contribution is 0.583. The number of rotatable bonds is 3. The van der Waals surface area contributed by atoms with Gasteiger partial charge in [0, 0.05) is 18.8 Å². The van der Waals surface area contributed by atoms with Gasteiger partial charge in [-0.1, -0.05) is 0 Å². The van der Waals surface area contributed by atoms with Crippen molar-refractivity contribution in [3.05, 3.63) is 34.2 Å². The molecule has 4 N–H and O–H groups in total. The Labute approximate surface area is 75.0 Å². The summed E-state index contributed by atoms with van der Waals surface area (Å²) in [5.74, 6) is 0. The normalized spacial score (nSPS) is 11.5. The van der Waals surface area contributed by atoms with Gasteiger partial charge in [-0.15, -0.1) is 0 Å². The van der Waals surface area contributed by atoms with Crippen LogP contribution < -0.4 is 15.4 Å². The molecule has 0 aliphatic heterocycles. The molecule has 0 bridgehead atoms. The van der Waals surface area contributed by atoms with Gasteiger partial charge in [-0.05, 0) is 11.6 Å². The van der Waals surface area contributed by atoms with E-state index in [1.165, 1.54) is 12.3 Å². The van der Waals surface area contributed by atoms with Crippen LogP contribution in [0.5, 0.6) is 0 Å². The topological polar surface area (TPSA) is 105 Å². The molecule has 0 aliphatic carbocycles. The van der Waals surface area contributed by atoms with E-state index in [9.17, 15) is 13.2 Å². The minimum atomic E-state index is -3.70. The molecule has 1 rings (SSSR count). The predicted molar refractivity (Wildman–Crippen MR) is 47.0 cm³/mol. The summed E-state index contributed by atoms with van der Waals surface area (Å²) in [6.45, 7) is 0.0166. The van der Waals surface area contributed by atoms with Crippen LogP contribution in [0.3, 0.4) is 0 Å². The number of aromatic nitrogens is 1. The fraction of sp³-hybridized carbons (Fsp3) is 0.167. The fourth-order valence-corrected chi connectivity index (χ4v) is 1.15. The van der Waals surface area contributed by atoms with Gasteiger partial charge in [0.2, 0.25) is 5.56 Å². The van der Waals surface area contributed by atoms with E-state index >= 15 is 0 Å². The highest BCUT2D eigenvalue weighted by Gasteiger charge is 2.00. The van der Waals surface area contributed by atoms with Gasteiger partial charge in [0.25, 0.3) is 10.2 Å². The van der Waals surface area contributed by atoms with Gasteiger partial charge in [-0.2, -0.15) is 13.1 Å². The van der Waals surface area contributed by atoms with Crippen molar-refractivity contribution in [1.29, 1.82) is 0 Å². The summed E-state index contributed by atoms with van der Waals surface area (Å²) in [5.41, 5.74) is 0.270. The number of H-pyrrole nitrogens is 1. The Morgan fingerprint density at radius 3 is 2.77 bits per heavy atom. The molecular formula is C6H9N3O3S. The standard InChI is InChI=1S/C6H9N3O3S/c7-13(11,12)9-4-5-1-2-8-6(10)3-5/h1-3,9H,4H2,(H,8,10)(H2,7,11,12). The van der Waals surface area contributed by atoms with Crippen molar-refractivity contribution in [2.24, 2.45) is 5.14 Å². The lowest BCUT2D eigenvalue weighted by Crippen LogP contribution is -2.30. The molecule has 72 valence electrons. The van der Waals surface area contributed by atoms with E-state index < -0.39 is 10.2 Å². The third kappa shape index (κ3) is 3.83. The van der Waals surface area contributed by atoms with E-state index in [0.29, 0.717) is 5.56 Å². The maximum absolute atomic E-state index is 10.8. The number of hydrogen-bond donors (Lipinski definition) is 3. The average molecular weight is 203 g/mol. The number of nitrogens with one attached hydrogen (secondary N) is 2. The van der Waals surface area contributed by atoms with E-state index in [0.717, 1.165) is 0 Å². The van der Waals surface area contributed by atoms with Crippen LogP contribution in [-0.4, -0.2) is 13.4 Å². The molecule has 0 saturated carbocycles. The van der Waals surface area contributed by atoms with Gasteiger partial charge in [0.15, 0.2) is 0 Å². The minimum Gasteiger partial charge on any atom is -0.329 e. The molecule has 1 aromatic heterocycles. The highest BCUT2D eigenvalue weighted by molar-refractivity contribution is 7.87. The van der Waals surface area contributed by atoms with Gasteiger partial charge in [0.05, 0.1) is 0 Å². The van der Waals surface area contributed by atoms with Crippen LogP contribution in [0, 0.1) is 0 Å². The zero-order valence-electron chi connectivity index (χ0n) is 6.65. The van der Waals surface area contributed by atoms with Crippen LogP contribution in [0.1, 0.15) is 5.56 Å². The molecule has 0 aromatic carbocycles. The van der Waals surface area contributed by atoms with Crippen LogP contribution in [-0.2, 0) is 16.8 Å². The Morgan fingerprint density at radius 1 is 1.54 bits per heavy atom. The molecule has 0 unspecified atom stereocenters. The summed E-state index contributed by atoms with van der Waals surface area (Å²) < 4.78 is 23.0. The van der Waals surface area contributed by atoms with Crippen molar-refractivity contribution in [1.82, 2.24) is 9.71 Å². The average Bonchev–Trinajstić information content (AvgIpc) is 2.00. The van der Waals surface area contributed by atoms with Crippen molar-refractivity contribution in [2.75, 3.05) is 0 Å². The smallest absolute Gasteiger partial charge is 0.274 e. The van der Waals surface area contributed by atoms with Crippen molar-refractivity contribution in [3.8, 4) is 0 Å². The SMILES string of the molecule is NS(=O)(=O)NCc1cc[nH]c(=O)c1. The lowest BCUT2D eigenvalue weighted by Gasteiger charge is -2.00. The van der Waals surface area contributed by atoms with E-state index in [1.807, 2.05) is 0 Å². The molecule has 0 radical (unpaired) electrons. The summed E-state index contributed by atoms with van der Waals surface area (Å²) in [4.78, 5) is 13.2. The summed E-state index contributed by atoms with van der Waals surface area (Å²) in [6, 6.07) is 2.87. The molecular weight excluding hydrogens is 194 g/mol. The number of pyridine rings is 1. The summed E-state index contributed by atoms with van der Waals surface area (Å²) >= 11 is 0. The summed E-state index contributed by atoms with van der Waals surface area (Å²) in [7, 11) is -3.70. The second-order valence-corrected chi connectivity index (χ2v) is 3.81. The Balaban J connectivity index is 2.71. The van der Waals surface area contributed by atoms with Crippen LogP contribution in [0.4, 0.5) is 0 Å². The number of nitrogens with two attached hydrogens (primary N) is 1. The zero-order valence-corrected chi connectivity index (χ0v) is 7.47. The van der Waals surface area contributed by atoms with Crippen molar-refractivity contribution in [3.63, 3.8) is 0 Å². The molecule has 0 saturated heterocycles. The second kappa shape index (κ2) is 3.69. The quantitative estimate of drug-likeness (QED) is 0.566. The number of aromatic amines is 1. The lowest BCUT2D eigenvalue weighted by atomic mass is 10.3. The first kappa shape index (κ1) is 9.90. The highest BCUT2D eigenvalue weighted by Crippen LogP contribution is 1.91. The van der Waals surface area contributed by atoms with Gasteiger partial charge >= 0.3 is 0 Å². The molecule has 0 amide bonds. The van der Waals surface area contributed by atoms with Crippen molar-refractivity contribution < 1.29 is 8.42 Å². The first-order valence-electron chi connectivity index (χ1n) is 3.42. The maximum atomic E-state index is 10.8. The highest BCUT2D eigenvalue weighted by atomic mass is 32.2. The van der Waals surface area contributed by atoms with E-state index in [-0.39, 0.29) is 12.1 Å². The number of hydrogen-bond acceptors (Lipinski definition) is 3. The van der Waals surface area contributed by atoms with Crippen LogP contribution in [0.25, 0.3) is 0 Å².